The number of nitrogens with zero attached hydrogens (tertiary/aromatic N) is 1. The average Bonchev–Trinajstić information content (AvgIpc) is 2.90. The van der Waals surface area contributed by atoms with E-state index in [-0.39, 0.29) is 22.9 Å². The number of amides is 1. The van der Waals surface area contributed by atoms with Gasteiger partial charge in [-0.25, -0.2) is 0 Å². The molecule has 0 unspecified atom stereocenters. The fourth-order valence-electron chi connectivity index (χ4n) is 2.85. The van der Waals surface area contributed by atoms with E-state index >= 15 is 0 Å². The zero-order chi connectivity index (χ0) is 14.1. The molecule has 1 heterocycles. The third-order valence-corrected chi connectivity index (χ3v) is 3.94. The van der Waals surface area contributed by atoms with Crippen molar-refractivity contribution in [3.63, 3.8) is 0 Å². The molecular weight excluding hydrogens is 252 g/mol. The Morgan fingerprint density at radius 1 is 1.30 bits per heavy atom. The second-order valence-electron chi connectivity index (χ2n) is 5.09. The molecule has 0 fully saturated rings. The minimum Gasteiger partial charge on any atom is -0.367 e. The molecule has 1 aliphatic carbocycles. The lowest BCUT2D eigenvalue weighted by molar-refractivity contribution is 0.0729. The first-order chi connectivity index (χ1) is 9.68. The van der Waals surface area contributed by atoms with Crippen LogP contribution in [0, 0.1) is 0 Å². The van der Waals surface area contributed by atoms with E-state index in [1.165, 1.54) is 29.6 Å². The molecule has 0 saturated carbocycles. The topological polar surface area (TPSA) is 53.2 Å². The quantitative estimate of drug-likeness (QED) is 0.907. The molecule has 0 aliphatic heterocycles. The standard InChI is InChI=1S/C16H16N2O2/c1-18(16(20)13-10-17-9-8-15(13)19)14-7-6-11-4-2-3-5-12(11)14/h2-5,8-10,14H,6-7H2,1H3,(H,17,19)/t14-/m0/s1. The van der Waals surface area contributed by atoms with Gasteiger partial charge < -0.3 is 9.88 Å². The highest BCUT2D eigenvalue weighted by Gasteiger charge is 2.29. The maximum absolute atomic E-state index is 12.5. The van der Waals surface area contributed by atoms with E-state index in [2.05, 4.69) is 17.1 Å². The molecule has 1 amide bonds. The molecule has 1 aromatic heterocycles. The highest BCUT2D eigenvalue weighted by Crippen LogP contribution is 2.35. The lowest BCUT2D eigenvalue weighted by atomic mass is 10.1. The number of H-pyrrole nitrogens is 1. The van der Waals surface area contributed by atoms with E-state index < -0.39 is 0 Å². The van der Waals surface area contributed by atoms with Crippen molar-refractivity contribution in [3.05, 3.63) is 69.6 Å². The van der Waals surface area contributed by atoms with E-state index in [4.69, 9.17) is 0 Å². The molecule has 0 spiro atoms. The number of aromatic nitrogens is 1. The van der Waals surface area contributed by atoms with Gasteiger partial charge in [-0.2, -0.15) is 0 Å². The summed E-state index contributed by atoms with van der Waals surface area (Å²) in [5.74, 6) is -0.228. The molecule has 4 heteroatoms. The summed E-state index contributed by atoms with van der Waals surface area (Å²) in [6, 6.07) is 9.60. The Hall–Kier alpha value is -2.36. The Labute approximate surface area is 117 Å². The Morgan fingerprint density at radius 3 is 2.90 bits per heavy atom. The third kappa shape index (κ3) is 2.03. The maximum Gasteiger partial charge on any atom is 0.259 e. The molecule has 0 bridgehead atoms. The summed E-state index contributed by atoms with van der Waals surface area (Å²) in [7, 11) is 1.77. The minimum atomic E-state index is -0.244. The van der Waals surface area contributed by atoms with Crippen LogP contribution in [-0.2, 0) is 6.42 Å². The first-order valence-electron chi connectivity index (χ1n) is 6.70. The first kappa shape index (κ1) is 12.7. The maximum atomic E-state index is 12.5. The second-order valence-corrected chi connectivity index (χ2v) is 5.09. The van der Waals surface area contributed by atoms with Crippen LogP contribution in [0.1, 0.15) is 33.9 Å². The van der Waals surface area contributed by atoms with Gasteiger partial charge in [0.05, 0.1) is 6.04 Å². The number of hydrogen-bond acceptors (Lipinski definition) is 2. The predicted molar refractivity (Wildman–Crippen MR) is 76.7 cm³/mol. The molecular formula is C16H16N2O2. The van der Waals surface area contributed by atoms with Gasteiger partial charge in [0.25, 0.3) is 5.91 Å². The molecule has 20 heavy (non-hydrogen) atoms. The summed E-state index contributed by atoms with van der Waals surface area (Å²) < 4.78 is 0. The van der Waals surface area contributed by atoms with Crippen LogP contribution >= 0.6 is 0 Å². The number of rotatable bonds is 2. The molecule has 102 valence electrons. The summed E-state index contributed by atoms with van der Waals surface area (Å²) in [4.78, 5) is 28.7. The number of benzene rings is 1. The van der Waals surface area contributed by atoms with Gasteiger partial charge in [-0.3, -0.25) is 9.59 Å². The molecule has 2 aromatic rings. The number of pyridine rings is 1. The molecule has 1 N–H and O–H groups in total. The number of carbonyl (C=O) groups excluding carboxylic acids is 1. The lowest BCUT2D eigenvalue weighted by Crippen LogP contribution is -2.33. The smallest absolute Gasteiger partial charge is 0.259 e. The first-order valence-corrected chi connectivity index (χ1v) is 6.70. The summed E-state index contributed by atoms with van der Waals surface area (Å²) in [5, 5.41) is 0. The number of aryl methyl sites for hydroxylation is 1. The van der Waals surface area contributed by atoms with E-state index in [1.807, 2.05) is 12.1 Å². The van der Waals surface area contributed by atoms with Crippen molar-refractivity contribution >= 4 is 5.91 Å². The molecule has 0 radical (unpaired) electrons. The van der Waals surface area contributed by atoms with Gasteiger partial charge in [0.15, 0.2) is 5.43 Å². The van der Waals surface area contributed by atoms with Gasteiger partial charge >= 0.3 is 0 Å². The van der Waals surface area contributed by atoms with Crippen LogP contribution in [-0.4, -0.2) is 22.8 Å². The van der Waals surface area contributed by atoms with Gasteiger partial charge in [-0.1, -0.05) is 24.3 Å². The lowest BCUT2D eigenvalue weighted by Gasteiger charge is -2.25. The zero-order valence-corrected chi connectivity index (χ0v) is 11.3. The highest BCUT2D eigenvalue weighted by molar-refractivity contribution is 5.94. The summed E-state index contributed by atoms with van der Waals surface area (Å²) in [5.41, 5.74) is 2.43. The highest BCUT2D eigenvalue weighted by atomic mass is 16.2. The Balaban J connectivity index is 1.91. The minimum absolute atomic E-state index is 0.0540. The van der Waals surface area contributed by atoms with E-state index in [9.17, 15) is 9.59 Å². The molecule has 1 aromatic carbocycles. The molecule has 4 nitrogen and oxygen atoms in total. The molecule has 1 atom stereocenters. The molecule has 3 rings (SSSR count). The molecule has 0 saturated heterocycles. The second kappa shape index (κ2) is 4.96. The van der Waals surface area contributed by atoms with Gasteiger partial charge in [0.2, 0.25) is 0 Å². The van der Waals surface area contributed by atoms with Crippen molar-refractivity contribution < 1.29 is 4.79 Å². The van der Waals surface area contributed by atoms with Crippen molar-refractivity contribution in [2.45, 2.75) is 18.9 Å². The van der Waals surface area contributed by atoms with Crippen molar-refractivity contribution in [1.29, 1.82) is 0 Å². The monoisotopic (exact) mass is 268 g/mol. The van der Waals surface area contributed by atoms with Gasteiger partial charge in [-0.05, 0) is 24.0 Å². The fourth-order valence-corrected chi connectivity index (χ4v) is 2.85. The van der Waals surface area contributed by atoms with Gasteiger partial charge in [0, 0.05) is 25.5 Å². The van der Waals surface area contributed by atoms with Crippen LogP contribution in [0.15, 0.2) is 47.5 Å². The average molecular weight is 268 g/mol. The van der Waals surface area contributed by atoms with E-state index in [0.717, 1.165) is 12.8 Å². The van der Waals surface area contributed by atoms with Crippen LogP contribution in [0.25, 0.3) is 0 Å². The van der Waals surface area contributed by atoms with Crippen molar-refractivity contribution in [3.8, 4) is 0 Å². The van der Waals surface area contributed by atoms with Crippen molar-refractivity contribution in [2.24, 2.45) is 0 Å². The Bertz CT molecular complexity index is 705. The number of aromatic amines is 1. The van der Waals surface area contributed by atoms with Crippen LogP contribution in [0.4, 0.5) is 0 Å². The summed E-state index contributed by atoms with van der Waals surface area (Å²) in [6.45, 7) is 0. The van der Waals surface area contributed by atoms with Crippen LogP contribution < -0.4 is 5.43 Å². The Morgan fingerprint density at radius 2 is 2.10 bits per heavy atom. The van der Waals surface area contributed by atoms with Crippen LogP contribution in [0.2, 0.25) is 0 Å². The normalized spacial score (nSPS) is 16.8. The molecule has 1 aliphatic rings. The Kier molecular flexibility index (Phi) is 3.14. The third-order valence-electron chi connectivity index (χ3n) is 3.94. The van der Waals surface area contributed by atoms with E-state index in [0.29, 0.717) is 0 Å². The number of hydrogen-bond donors (Lipinski definition) is 1. The van der Waals surface area contributed by atoms with Gasteiger partial charge in [-0.15, -0.1) is 0 Å². The zero-order valence-electron chi connectivity index (χ0n) is 11.3. The largest absolute Gasteiger partial charge is 0.367 e. The van der Waals surface area contributed by atoms with E-state index in [1.54, 1.807) is 11.9 Å². The number of nitrogens with one attached hydrogen (secondary N) is 1. The number of carbonyl (C=O) groups is 1. The van der Waals surface area contributed by atoms with Crippen LogP contribution in [0.3, 0.4) is 0 Å². The summed E-state index contributed by atoms with van der Waals surface area (Å²) >= 11 is 0. The van der Waals surface area contributed by atoms with Crippen molar-refractivity contribution in [1.82, 2.24) is 9.88 Å². The van der Waals surface area contributed by atoms with Crippen LogP contribution in [0.5, 0.6) is 0 Å². The van der Waals surface area contributed by atoms with Crippen molar-refractivity contribution in [2.75, 3.05) is 7.05 Å². The fraction of sp³-hybridized carbons (Fsp3) is 0.250. The SMILES string of the molecule is CN(C(=O)c1c[nH]ccc1=O)[C@H]1CCc2ccccc21. The summed E-state index contributed by atoms with van der Waals surface area (Å²) in [6.07, 6.45) is 4.89. The number of fused-ring (bicyclic) bond motifs is 1. The van der Waals surface area contributed by atoms with Gasteiger partial charge in [0.1, 0.15) is 5.56 Å². The predicted octanol–water partition coefficient (Wildman–Crippen LogP) is 2.13.